The first-order chi connectivity index (χ1) is 16.3. The number of H-pyrrole nitrogens is 1. The largest absolute Gasteiger partial charge is 0.506 e. The topological polar surface area (TPSA) is 97.5 Å². The molecule has 0 radical (unpaired) electrons. The van der Waals surface area contributed by atoms with E-state index in [4.69, 9.17) is 11.6 Å². The SMILES string of the molecule is CC(C)N(CCNCCc1ccc(O)c2[nH]c(=O)sc12)C(=O)CCNCCc1cccc(Cl)c1. The Bertz CT molecular complexity index is 1140. The van der Waals surface area contributed by atoms with Crippen LogP contribution in [0.15, 0.2) is 41.2 Å². The number of nitrogens with zero attached hydrogens (tertiary/aromatic N) is 1. The number of halogens is 1. The molecule has 2 aromatic carbocycles. The molecule has 184 valence electrons. The average Bonchev–Trinajstić information content (AvgIpc) is 3.19. The van der Waals surface area contributed by atoms with E-state index in [1.807, 2.05) is 43.0 Å². The molecule has 34 heavy (non-hydrogen) atoms. The van der Waals surface area contributed by atoms with Crippen molar-refractivity contribution in [3.63, 3.8) is 0 Å². The highest BCUT2D eigenvalue weighted by Crippen LogP contribution is 2.27. The van der Waals surface area contributed by atoms with E-state index in [2.05, 4.69) is 21.7 Å². The fraction of sp³-hybridized carbons (Fsp3) is 0.440. The maximum Gasteiger partial charge on any atom is 0.305 e. The van der Waals surface area contributed by atoms with E-state index in [1.165, 1.54) is 5.56 Å². The normalized spacial score (nSPS) is 11.4. The Kier molecular flexibility index (Phi) is 9.95. The molecular weight excluding hydrogens is 472 g/mol. The summed E-state index contributed by atoms with van der Waals surface area (Å²) < 4.78 is 0.800. The van der Waals surface area contributed by atoms with Crippen LogP contribution in [0.2, 0.25) is 5.02 Å². The van der Waals surface area contributed by atoms with Crippen LogP contribution >= 0.6 is 22.9 Å². The number of phenolic OH excluding ortho intramolecular Hbond substituents is 1. The zero-order chi connectivity index (χ0) is 24.5. The number of hydrogen-bond donors (Lipinski definition) is 4. The number of amides is 1. The number of aromatic amines is 1. The minimum absolute atomic E-state index is 0.0927. The van der Waals surface area contributed by atoms with E-state index in [-0.39, 0.29) is 22.6 Å². The average molecular weight is 505 g/mol. The summed E-state index contributed by atoms with van der Waals surface area (Å²) in [6.07, 6.45) is 2.07. The maximum atomic E-state index is 12.7. The van der Waals surface area contributed by atoms with Crippen LogP contribution in [0.4, 0.5) is 0 Å². The van der Waals surface area contributed by atoms with Gasteiger partial charge in [0.1, 0.15) is 11.3 Å². The number of rotatable bonds is 13. The molecule has 1 amide bonds. The molecule has 0 saturated heterocycles. The number of aromatic nitrogens is 1. The summed E-state index contributed by atoms with van der Waals surface area (Å²) in [6.45, 7) is 7.57. The first-order valence-corrected chi connectivity index (χ1v) is 12.8. The van der Waals surface area contributed by atoms with Gasteiger partial charge in [-0.2, -0.15) is 0 Å². The number of carbonyl (C=O) groups excluding carboxylic acids is 1. The van der Waals surface area contributed by atoms with Crippen molar-refractivity contribution in [2.45, 2.75) is 39.2 Å². The van der Waals surface area contributed by atoms with E-state index in [1.54, 1.807) is 6.07 Å². The Morgan fingerprint density at radius 2 is 1.88 bits per heavy atom. The summed E-state index contributed by atoms with van der Waals surface area (Å²) >= 11 is 7.13. The van der Waals surface area contributed by atoms with Gasteiger partial charge in [0.15, 0.2) is 0 Å². The number of fused-ring (bicyclic) bond motifs is 1. The van der Waals surface area contributed by atoms with Crippen LogP contribution in [0.5, 0.6) is 5.75 Å². The van der Waals surface area contributed by atoms with Gasteiger partial charge in [-0.25, -0.2) is 0 Å². The predicted molar refractivity (Wildman–Crippen MR) is 140 cm³/mol. The summed E-state index contributed by atoms with van der Waals surface area (Å²) in [7, 11) is 0. The van der Waals surface area contributed by atoms with E-state index < -0.39 is 0 Å². The van der Waals surface area contributed by atoms with Crippen molar-refractivity contribution < 1.29 is 9.90 Å². The van der Waals surface area contributed by atoms with Crippen LogP contribution in [-0.4, -0.2) is 59.7 Å². The van der Waals surface area contributed by atoms with Crippen molar-refractivity contribution in [2.24, 2.45) is 0 Å². The Balaban J connectivity index is 1.36. The number of thiazole rings is 1. The highest BCUT2D eigenvalue weighted by atomic mass is 35.5. The number of nitrogens with one attached hydrogen (secondary N) is 3. The molecule has 3 rings (SSSR count). The summed E-state index contributed by atoms with van der Waals surface area (Å²) in [4.78, 5) is 28.8. The van der Waals surface area contributed by atoms with E-state index in [0.29, 0.717) is 31.6 Å². The van der Waals surface area contributed by atoms with Gasteiger partial charge in [0.05, 0.1) is 4.70 Å². The number of phenols is 1. The van der Waals surface area contributed by atoms with Gasteiger partial charge in [-0.15, -0.1) is 0 Å². The van der Waals surface area contributed by atoms with E-state index in [9.17, 15) is 14.7 Å². The van der Waals surface area contributed by atoms with Crippen molar-refractivity contribution in [3.05, 3.63) is 62.2 Å². The van der Waals surface area contributed by atoms with Crippen LogP contribution in [0, 0.1) is 0 Å². The number of hydrogen-bond acceptors (Lipinski definition) is 6. The van der Waals surface area contributed by atoms with Crippen molar-refractivity contribution in [2.75, 3.05) is 32.7 Å². The standard InChI is InChI=1S/C25H33ClN4O3S/c1-17(2)30(22(32)10-13-27-11-8-18-4-3-5-20(26)16-18)15-14-28-12-9-19-6-7-21(31)23-24(19)34-25(33)29-23/h3-7,16-17,27-28,31H,8-15H2,1-2H3,(H,29,33). The Labute approximate surface area is 209 Å². The molecule has 0 aliphatic heterocycles. The number of aromatic hydroxyl groups is 1. The molecule has 0 spiro atoms. The number of carbonyl (C=O) groups is 1. The molecule has 1 heterocycles. The van der Waals surface area contributed by atoms with Crippen LogP contribution in [-0.2, 0) is 17.6 Å². The zero-order valence-corrected chi connectivity index (χ0v) is 21.3. The third kappa shape index (κ3) is 7.56. The molecule has 0 atom stereocenters. The summed E-state index contributed by atoms with van der Waals surface area (Å²) in [5.41, 5.74) is 2.70. The van der Waals surface area contributed by atoms with Gasteiger partial charge in [0.2, 0.25) is 5.91 Å². The molecular formula is C25H33ClN4O3S. The lowest BCUT2D eigenvalue weighted by molar-refractivity contribution is -0.132. The third-order valence-corrected chi connectivity index (χ3v) is 6.87. The summed E-state index contributed by atoms with van der Waals surface area (Å²) in [5.74, 6) is 0.236. The van der Waals surface area contributed by atoms with Crippen molar-refractivity contribution in [1.82, 2.24) is 20.5 Å². The number of benzene rings is 2. The molecule has 0 unspecified atom stereocenters. The van der Waals surface area contributed by atoms with Crippen LogP contribution in [0.3, 0.4) is 0 Å². The second-order valence-corrected chi connectivity index (χ2v) is 9.94. The lowest BCUT2D eigenvalue weighted by Gasteiger charge is -2.27. The molecule has 0 aliphatic rings. The van der Waals surface area contributed by atoms with Gasteiger partial charge in [-0.1, -0.05) is 41.1 Å². The Morgan fingerprint density at radius 1 is 1.12 bits per heavy atom. The van der Waals surface area contributed by atoms with Crippen LogP contribution in [0.25, 0.3) is 10.2 Å². The second-order valence-electron chi connectivity index (χ2n) is 8.52. The molecule has 9 heteroatoms. The van der Waals surface area contributed by atoms with Crippen molar-refractivity contribution >= 4 is 39.1 Å². The minimum Gasteiger partial charge on any atom is -0.506 e. The van der Waals surface area contributed by atoms with Crippen molar-refractivity contribution in [1.29, 1.82) is 0 Å². The van der Waals surface area contributed by atoms with Gasteiger partial charge in [0.25, 0.3) is 0 Å². The minimum atomic E-state index is -0.171. The smallest absolute Gasteiger partial charge is 0.305 e. The van der Waals surface area contributed by atoms with Gasteiger partial charge >= 0.3 is 4.87 Å². The first-order valence-electron chi connectivity index (χ1n) is 11.6. The lowest BCUT2D eigenvalue weighted by Crippen LogP contribution is -2.42. The fourth-order valence-electron chi connectivity index (χ4n) is 3.88. The highest BCUT2D eigenvalue weighted by molar-refractivity contribution is 7.16. The van der Waals surface area contributed by atoms with Crippen LogP contribution < -0.4 is 15.5 Å². The molecule has 0 saturated carbocycles. The van der Waals surface area contributed by atoms with E-state index >= 15 is 0 Å². The van der Waals surface area contributed by atoms with Crippen molar-refractivity contribution in [3.8, 4) is 5.75 Å². The van der Waals surface area contributed by atoms with Gasteiger partial charge in [-0.3, -0.25) is 9.59 Å². The first kappa shape index (κ1) is 26.2. The van der Waals surface area contributed by atoms with Gasteiger partial charge in [0, 0.05) is 37.1 Å². The maximum absolute atomic E-state index is 12.7. The zero-order valence-electron chi connectivity index (χ0n) is 19.7. The predicted octanol–water partition coefficient (Wildman–Crippen LogP) is 3.54. The Morgan fingerprint density at radius 3 is 2.65 bits per heavy atom. The molecule has 4 N–H and O–H groups in total. The second kappa shape index (κ2) is 12.9. The molecule has 0 bridgehead atoms. The monoisotopic (exact) mass is 504 g/mol. The van der Waals surface area contributed by atoms with Gasteiger partial charge < -0.3 is 25.6 Å². The fourth-order valence-corrected chi connectivity index (χ4v) is 4.99. The highest BCUT2D eigenvalue weighted by Gasteiger charge is 2.16. The molecule has 1 aromatic heterocycles. The lowest BCUT2D eigenvalue weighted by atomic mass is 10.1. The van der Waals surface area contributed by atoms with Crippen LogP contribution in [0.1, 0.15) is 31.4 Å². The molecule has 3 aromatic rings. The molecule has 0 aliphatic carbocycles. The molecule has 0 fully saturated rings. The third-order valence-electron chi connectivity index (χ3n) is 5.68. The molecule has 7 nitrogen and oxygen atoms in total. The van der Waals surface area contributed by atoms with E-state index in [0.717, 1.165) is 52.6 Å². The summed E-state index contributed by atoms with van der Waals surface area (Å²) in [6, 6.07) is 11.4. The van der Waals surface area contributed by atoms with Gasteiger partial charge in [-0.05, 0) is 69.1 Å². The Hall–Kier alpha value is -2.39. The quantitative estimate of drug-likeness (QED) is 0.267. The summed E-state index contributed by atoms with van der Waals surface area (Å²) in [5, 5.41) is 17.4.